The second kappa shape index (κ2) is 6.27. The molecular formula is C11H19N3O2. The zero-order valence-electron chi connectivity index (χ0n) is 10.1. The monoisotopic (exact) mass is 225 g/mol. The highest BCUT2D eigenvalue weighted by Crippen LogP contribution is 1.98. The van der Waals surface area contributed by atoms with Crippen LogP contribution in [0.4, 0.5) is 0 Å². The van der Waals surface area contributed by atoms with Gasteiger partial charge in [0.1, 0.15) is 0 Å². The molecule has 1 atom stereocenters. The smallest absolute Gasteiger partial charge is 0.307 e. The van der Waals surface area contributed by atoms with Crippen molar-refractivity contribution in [3.05, 3.63) is 18.0 Å². The van der Waals surface area contributed by atoms with Crippen molar-refractivity contribution in [1.82, 2.24) is 15.1 Å². The van der Waals surface area contributed by atoms with E-state index in [9.17, 15) is 4.79 Å². The van der Waals surface area contributed by atoms with Crippen LogP contribution in [0.15, 0.2) is 12.3 Å². The second-order valence-corrected chi connectivity index (χ2v) is 3.83. The normalized spacial score (nSPS) is 12.4. The summed E-state index contributed by atoms with van der Waals surface area (Å²) in [6.45, 7) is 2.80. The summed E-state index contributed by atoms with van der Waals surface area (Å²) < 4.78 is 6.45. The molecule has 0 radical (unpaired) electrons. The topological polar surface area (TPSA) is 56.1 Å². The maximum absolute atomic E-state index is 11.0. The molecule has 0 aliphatic carbocycles. The zero-order valence-corrected chi connectivity index (χ0v) is 10.1. The third-order valence-corrected chi connectivity index (χ3v) is 2.50. The summed E-state index contributed by atoms with van der Waals surface area (Å²) in [7, 11) is 3.33. The third kappa shape index (κ3) is 4.02. The summed E-state index contributed by atoms with van der Waals surface area (Å²) in [5.41, 5.74) is 1.18. The van der Waals surface area contributed by atoms with Crippen LogP contribution in [0.5, 0.6) is 0 Å². The van der Waals surface area contributed by atoms with E-state index >= 15 is 0 Å². The summed E-state index contributed by atoms with van der Waals surface area (Å²) >= 11 is 0. The summed E-state index contributed by atoms with van der Waals surface area (Å²) in [5, 5.41) is 7.36. The molecular weight excluding hydrogens is 206 g/mol. The molecule has 0 aliphatic heterocycles. The molecule has 0 bridgehead atoms. The molecule has 1 aromatic heterocycles. The lowest BCUT2D eigenvalue weighted by molar-refractivity contribution is -0.141. The molecule has 1 rings (SSSR count). The molecule has 0 spiro atoms. The average molecular weight is 225 g/mol. The molecule has 1 unspecified atom stereocenters. The van der Waals surface area contributed by atoms with E-state index < -0.39 is 0 Å². The highest BCUT2D eigenvalue weighted by atomic mass is 16.5. The fourth-order valence-corrected chi connectivity index (χ4v) is 1.50. The molecule has 0 aromatic carbocycles. The lowest BCUT2D eigenvalue weighted by Crippen LogP contribution is -2.30. The van der Waals surface area contributed by atoms with Crippen molar-refractivity contribution < 1.29 is 9.53 Å². The van der Waals surface area contributed by atoms with Gasteiger partial charge < -0.3 is 10.1 Å². The summed E-state index contributed by atoms with van der Waals surface area (Å²) in [4.78, 5) is 11.0. The number of rotatable bonds is 6. The zero-order chi connectivity index (χ0) is 12.0. The Morgan fingerprint density at radius 1 is 1.69 bits per heavy atom. The number of esters is 1. The van der Waals surface area contributed by atoms with Crippen molar-refractivity contribution in [3.8, 4) is 0 Å². The van der Waals surface area contributed by atoms with Crippen LogP contribution in [0.1, 0.15) is 19.0 Å². The summed E-state index contributed by atoms with van der Waals surface area (Å²) in [5.74, 6) is -0.180. The van der Waals surface area contributed by atoms with Crippen molar-refractivity contribution >= 4 is 5.97 Å². The summed E-state index contributed by atoms with van der Waals surface area (Å²) in [6.07, 6.45) is 3.09. The Hall–Kier alpha value is -1.36. The van der Waals surface area contributed by atoms with E-state index in [1.165, 1.54) is 12.8 Å². The number of hydrogen-bond acceptors (Lipinski definition) is 4. The van der Waals surface area contributed by atoms with Gasteiger partial charge in [-0.1, -0.05) is 0 Å². The van der Waals surface area contributed by atoms with Crippen LogP contribution in [-0.2, 0) is 23.0 Å². The molecule has 0 saturated carbocycles. The van der Waals surface area contributed by atoms with Gasteiger partial charge in [-0.05, 0) is 13.0 Å². The number of carbonyl (C=O) groups is 1. The maximum atomic E-state index is 11.0. The number of nitrogens with one attached hydrogen (secondary N) is 1. The first kappa shape index (κ1) is 12.7. The highest BCUT2D eigenvalue weighted by molar-refractivity contribution is 5.69. The SMILES string of the molecule is COC(=O)CC(C)NCCc1ccnn1C. The van der Waals surface area contributed by atoms with Crippen molar-refractivity contribution in [2.45, 2.75) is 25.8 Å². The predicted octanol–water partition coefficient (Wildman–Crippen LogP) is 0.504. The van der Waals surface area contributed by atoms with Crippen LogP contribution < -0.4 is 5.32 Å². The van der Waals surface area contributed by atoms with Gasteiger partial charge in [0.05, 0.1) is 13.5 Å². The van der Waals surface area contributed by atoms with Gasteiger partial charge in [0.25, 0.3) is 0 Å². The minimum Gasteiger partial charge on any atom is -0.469 e. The van der Waals surface area contributed by atoms with Gasteiger partial charge >= 0.3 is 5.97 Å². The average Bonchev–Trinajstić information content (AvgIpc) is 2.64. The number of ether oxygens (including phenoxy) is 1. The Balaban J connectivity index is 2.20. The van der Waals surface area contributed by atoms with Crippen molar-refractivity contribution in [2.24, 2.45) is 7.05 Å². The number of hydrogen-bond donors (Lipinski definition) is 1. The second-order valence-electron chi connectivity index (χ2n) is 3.83. The molecule has 90 valence electrons. The molecule has 16 heavy (non-hydrogen) atoms. The molecule has 5 nitrogen and oxygen atoms in total. The van der Waals surface area contributed by atoms with Gasteiger partial charge in [-0.25, -0.2) is 0 Å². The Morgan fingerprint density at radius 2 is 2.44 bits per heavy atom. The first-order valence-corrected chi connectivity index (χ1v) is 5.40. The summed E-state index contributed by atoms with van der Waals surface area (Å²) in [6, 6.07) is 2.13. The van der Waals surface area contributed by atoms with Crippen molar-refractivity contribution in [3.63, 3.8) is 0 Å². The minimum absolute atomic E-state index is 0.140. The highest BCUT2D eigenvalue weighted by Gasteiger charge is 2.08. The van der Waals surface area contributed by atoms with E-state index in [0.29, 0.717) is 6.42 Å². The maximum Gasteiger partial charge on any atom is 0.307 e. The van der Waals surface area contributed by atoms with E-state index in [-0.39, 0.29) is 12.0 Å². The molecule has 0 fully saturated rings. The lowest BCUT2D eigenvalue weighted by atomic mass is 10.2. The molecule has 0 saturated heterocycles. The van der Waals surface area contributed by atoms with Gasteiger partial charge in [0.15, 0.2) is 0 Å². The molecule has 0 amide bonds. The van der Waals surface area contributed by atoms with Crippen LogP contribution >= 0.6 is 0 Å². The van der Waals surface area contributed by atoms with E-state index in [0.717, 1.165) is 13.0 Å². The number of aromatic nitrogens is 2. The van der Waals surface area contributed by atoms with E-state index in [1.54, 1.807) is 6.20 Å². The fourth-order valence-electron chi connectivity index (χ4n) is 1.50. The van der Waals surface area contributed by atoms with Crippen LogP contribution in [0.3, 0.4) is 0 Å². The van der Waals surface area contributed by atoms with Gasteiger partial charge in [-0.2, -0.15) is 5.10 Å². The van der Waals surface area contributed by atoms with Crippen LogP contribution in [0.2, 0.25) is 0 Å². The number of aryl methyl sites for hydroxylation is 1. The Kier molecular flexibility index (Phi) is 4.98. The first-order chi connectivity index (χ1) is 7.63. The molecule has 1 aromatic rings. The number of nitrogens with zero attached hydrogens (tertiary/aromatic N) is 2. The quantitative estimate of drug-likeness (QED) is 0.716. The molecule has 0 aliphatic rings. The van der Waals surface area contributed by atoms with Crippen LogP contribution in [0, 0.1) is 0 Å². The Bertz CT molecular complexity index is 336. The first-order valence-electron chi connectivity index (χ1n) is 5.40. The van der Waals surface area contributed by atoms with Crippen LogP contribution in [0.25, 0.3) is 0 Å². The van der Waals surface area contributed by atoms with Crippen molar-refractivity contribution in [2.75, 3.05) is 13.7 Å². The number of methoxy groups -OCH3 is 1. The fraction of sp³-hybridized carbons (Fsp3) is 0.636. The molecule has 1 N–H and O–H groups in total. The number of carbonyl (C=O) groups excluding carboxylic acids is 1. The van der Waals surface area contributed by atoms with E-state index in [1.807, 2.05) is 24.7 Å². The Labute approximate surface area is 95.8 Å². The van der Waals surface area contributed by atoms with E-state index in [2.05, 4.69) is 15.2 Å². The predicted molar refractivity (Wildman–Crippen MR) is 61.0 cm³/mol. The van der Waals surface area contributed by atoms with E-state index in [4.69, 9.17) is 0 Å². The minimum atomic E-state index is -0.180. The van der Waals surface area contributed by atoms with Crippen LogP contribution in [-0.4, -0.2) is 35.4 Å². The standard InChI is InChI=1S/C11H19N3O2/c1-9(8-11(15)16-3)12-6-4-10-5-7-13-14(10)2/h5,7,9,12H,4,6,8H2,1-3H3. The van der Waals surface area contributed by atoms with Gasteiger partial charge in [0, 0.05) is 37.9 Å². The molecule has 5 heteroatoms. The molecule has 1 heterocycles. The third-order valence-electron chi connectivity index (χ3n) is 2.50. The van der Waals surface area contributed by atoms with Gasteiger partial charge in [-0.15, -0.1) is 0 Å². The lowest BCUT2D eigenvalue weighted by Gasteiger charge is -2.12. The Morgan fingerprint density at radius 3 is 3.00 bits per heavy atom. The van der Waals surface area contributed by atoms with Crippen molar-refractivity contribution in [1.29, 1.82) is 0 Å². The van der Waals surface area contributed by atoms with Gasteiger partial charge in [0.2, 0.25) is 0 Å². The largest absolute Gasteiger partial charge is 0.469 e. The van der Waals surface area contributed by atoms with Gasteiger partial charge in [-0.3, -0.25) is 9.48 Å².